The van der Waals surface area contributed by atoms with Crippen LogP contribution in [0.3, 0.4) is 0 Å². The lowest BCUT2D eigenvalue weighted by molar-refractivity contribution is -0.120. The van der Waals surface area contributed by atoms with Gasteiger partial charge in [0.05, 0.1) is 13.7 Å². The Morgan fingerprint density at radius 3 is 2.46 bits per heavy atom. The number of ether oxygens (including phenoxy) is 1. The van der Waals surface area contributed by atoms with Gasteiger partial charge in [0.15, 0.2) is 0 Å². The van der Waals surface area contributed by atoms with E-state index in [1.807, 2.05) is 24.3 Å². The number of amides is 1. The molecule has 0 spiro atoms. The van der Waals surface area contributed by atoms with Gasteiger partial charge >= 0.3 is 0 Å². The Labute approximate surface area is 146 Å². The summed E-state index contributed by atoms with van der Waals surface area (Å²) in [6.45, 7) is 7.87. The van der Waals surface area contributed by atoms with Gasteiger partial charge in [0.25, 0.3) is 0 Å². The molecule has 1 aliphatic rings. The molecule has 0 aromatic heterocycles. The van der Waals surface area contributed by atoms with Crippen molar-refractivity contribution >= 4 is 5.91 Å². The van der Waals surface area contributed by atoms with E-state index in [2.05, 4.69) is 31.4 Å². The number of hydrogen-bond donors (Lipinski definition) is 2. The summed E-state index contributed by atoms with van der Waals surface area (Å²) in [7, 11) is 1.65. The summed E-state index contributed by atoms with van der Waals surface area (Å²) < 4.78 is 5.14. The van der Waals surface area contributed by atoms with Crippen molar-refractivity contribution in [1.82, 2.24) is 10.6 Å². The van der Waals surface area contributed by atoms with Gasteiger partial charge in [-0.25, -0.2) is 0 Å². The summed E-state index contributed by atoms with van der Waals surface area (Å²) in [4.78, 5) is 12.1. The van der Waals surface area contributed by atoms with Gasteiger partial charge in [-0.15, -0.1) is 0 Å². The lowest BCUT2D eigenvalue weighted by atomic mass is 9.69. The molecule has 1 saturated carbocycles. The van der Waals surface area contributed by atoms with Crippen LogP contribution in [0, 0.1) is 11.3 Å². The van der Waals surface area contributed by atoms with Gasteiger partial charge in [-0.1, -0.05) is 45.7 Å². The fourth-order valence-corrected chi connectivity index (χ4v) is 3.64. The molecule has 2 unspecified atom stereocenters. The first-order chi connectivity index (χ1) is 11.4. The molecule has 134 valence electrons. The van der Waals surface area contributed by atoms with Gasteiger partial charge in [-0.3, -0.25) is 4.79 Å². The van der Waals surface area contributed by atoms with Crippen LogP contribution in [0.25, 0.3) is 0 Å². The standard InChI is InChI=1S/C20H32N2O2/c1-20(2,3)17-7-5-6-8-18(17)21-14-19(23)22-13-15-9-11-16(24-4)12-10-15/h9-12,17-18,21H,5-8,13-14H2,1-4H3,(H,22,23). The van der Waals surface area contributed by atoms with E-state index < -0.39 is 0 Å². The summed E-state index contributed by atoms with van der Waals surface area (Å²) >= 11 is 0. The molecule has 2 rings (SSSR count). The minimum Gasteiger partial charge on any atom is -0.497 e. The molecule has 4 heteroatoms. The number of hydrogen-bond acceptors (Lipinski definition) is 3. The minimum absolute atomic E-state index is 0.0593. The largest absolute Gasteiger partial charge is 0.497 e. The van der Waals surface area contributed by atoms with Crippen LogP contribution in [-0.2, 0) is 11.3 Å². The third-order valence-corrected chi connectivity index (χ3v) is 5.05. The highest BCUT2D eigenvalue weighted by molar-refractivity contribution is 5.78. The zero-order valence-electron chi connectivity index (χ0n) is 15.5. The molecule has 0 bridgehead atoms. The molecule has 0 heterocycles. The van der Waals surface area contributed by atoms with Gasteiger partial charge < -0.3 is 15.4 Å². The molecular formula is C20H32N2O2. The third-order valence-electron chi connectivity index (χ3n) is 5.05. The van der Waals surface area contributed by atoms with Crippen molar-refractivity contribution < 1.29 is 9.53 Å². The smallest absolute Gasteiger partial charge is 0.234 e. The van der Waals surface area contributed by atoms with E-state index in [-0.39, 0.29) is 11.3 Å². The Morgan fingerprint density at radius 1 is 1.17 bits per heavy atom. The Kier molecular flexibility index (Phi) is 6.67. The van der Waals surface area contributed by atoms with Gasteiger partial charge in [-0.05, 0) is 41.9 Å². The highest BCUT2D eigenvalue weighted by Gasteiger charge is 2.33. The van der Waals surface area contributed by atoms with Crippen molar-refractivity contribution in [3.05, 3.63) is 29.8 Å². The average Bonchev–Trinajstić information content (AvgIpc) is 2.58. The maximum atomic E-state index is 12.1. The number of carbonyl (C=O) groups excluding carboxylic acids is 1. The van der Waals surface area contributed by atoms with Gasteiger partial charge in [0.1, 0.15) is 5.75 Å². The van der Waals surface area contributed by atoms with Crippen LogP contribution in [0.5, 0.6) is 5.75 Å². The van der Waals surface area contributed by atoms with E-state index in [1.165, 1.54) is 25.7 Å². The first-order valence-electron chi connectivity index (χ1n) is 9.03. The Bertz CT molecular complexity index is 519. The molecule has 1 amide bonds. The molecule has 0 saturated heterocycles. The Morgan fingerprint density at radius 2 is 1.83 bits per heavy atom. The van der Waals surface area contributed by atoms with E-state index in [0.29, 0.717) is 25.0 Å². The van der Waals surface area contributed by atoms with Crippen molar-refractivity contribution in [2.75, 3.05) is 13.7 Å². The lowest BCUT2D eigenvalue weighted by Crippen LogP contribution is -2.47. The van der Waals surface area contributed by atoms with Crippen molar-refractivity contribution in [2.24, 2.45) is 11.3 Å². The molecule has 1 aliphatic carbocycles. The predicted octanol–water partition coefficient (Wildman–Crippen LogP) is 3.51. The first-order valence-corrected chi connectivity index (χ1v) is 9.03. The lowest BCUT2D eigenvalue weighted by Gasteiger charge is -2.40. The monoisotopic (exact) mass is 332 g/mol. The third kappa shape index (κ3) is 5.52. The molecule has 0 aliphatic heterocycles. The van der Waals surface area contributed by atoms with Crippen molar-refractivity contribution in [2.45, 2.75) is 59.0 Å². The number of benzene rings is 1. The summed E-state index contributed by atoms with van der Waals surface area (Å²) in [5.41, 5.74) is 1.37. The maximum absolute atomic E-state index is 12.1. The molecule has 24 heavy (non-hydrogen) atoms. The second-order valence-corrected chi connectivity index (χ2v) is 7.87. The fourth-order valence-electron chi connectivity index (χ4n) is 3.64. The first kappa shape index (κ1) is 18.8. The molecule has 4 nitrogen and oxygen atoms in total. The Hall–Kier alpha value is -1.55. The quantitative estimate of drug-likeness (QED) is 0.838. The molecule has 0 radical (unpaired) electrons. The SMILES string of the molecule is COc1ccc(CNC(=O)CNC2CCCCC2C(C)(C)C)cc1. The van der Waals surface area contributed by atoms with Gasteiger partial charge in [-0.2, -0.15) is 0 Å². The van der Waals surface area contributed by atoms with Crippen LogP contribution in [0.2, 0.25) is 0 Å². The van der Waals surface area contributed by atoms with E-state index in [1.54, 1.807) is 7.11 Å². The van der Waals surface area contributed by atoms with E-state index in [4.69, 9.17) is 4.74 Å². The zero-order chi connectivity index (χ0) is 17.6. The second-order valence-electron chi connectivity index (χ2n) is 7.87. The highest BCUT2D eigenvalue weighted by Crippen LogP contribution is 2.37. The Balaban J connectivity index is 1.77. The van der Waals surface area contributed by atoms with Crippen molar-refractivity contribution in [1.29, 1.82) is 0 Å². The zero-order valence-corrected chi connectivity index (χ0v) is 15.5. The van der Waals surface area contributed by atoms with Gasteiger partial charge in [0, 0.05) is 12.6 Å². The van der Waals surface area contributed by atoms with Crippen LogP contribution < -0.4 is 15.4 Å². The minimum atomic E-state index is 0.0593. The molecular weight excluding hydrogens is 300 g/mol. The summed E-state index contributed by atoms with van der Waals surface area (Å²) in [5.74, 6) is 1.53. The number of methoxy groups -OCH3 is 1. The number of nitrogens with one attached hydrogen (secondary N) is 2. The van der Waals surface area contributed by atoms with Crippen LogP contribution in [0.1, 0.15) is 52.0 Å². The number of carbonyl (C=O) groups is 1. The molecule has 2 N–H and O–H groups in total. The summed E-state index contributed by atoms with van der Waals surface area (Å²) in [6, 6.07) is 8.23. The highest BCUT2D eigenvalue weighted by atomic mass is 16.5. The summed E-state index contributed by atoms with van der Waals surface area (Å²) in [6.07, 6.45) is 5.00. The normalized spacial score (nSPS) is 21.3. The predicted molar refractivity (Wildman–Crippen MR) is 98.0 cm³/mol. The van der Waals surface area contributed by atoms with Crippen LogP contribution >= 0.6 is 0 Å². The number of rotatable bonds is 6. The molecule has 2 atom stereocenters. The van der Waals surface area contributed by atoms with E-state index in [0.717, 1.165) is 11.3 Å². The van der Waals surface area contributed by atoms with E-state index in [9.17, 15) is 4.79 Å². The average molecular weight is 332 g/mol. The van der Waals surface area contributed by atoms with Crippen molar-refractivity contribution in [3.63, 3.8) is 0 Å². The maximum Gasteiger partial charge on any atom is 0.234 e. The fraction of sp³-hybridized carbons (Fsp3) is 0.650. The second kappa shape index (κ2) is 8.52. The molecule has 1 fully saturated rings. The summed E-state index contributed by atoms with van der Waals surface area (Å²) in [5, 5.41) is 6.49. The molecule has 1 aromatic rings. The van der Waals surface area contributed by atoms with Crippen LogP contribution in [0.4, 0.5) is 0 Å². The van der Waals surface area contributed by atoms with Crippen LogP contribution in [0.15, 0.2) is 24.3 Å². The molecule has 1 aromatic carbocycles. The van der Waals surface area contributed by atoms with Gasteiger partial charge in [0.2, 0.25) is 5.91 Å². The van der Waals surface area contributed by atoms with Crippen LogP contribution in [-0.4, -0.2) is 25.6 Å². The van der Waals surface area contributed by atoms with E-state index >= 15 is 0 Å². The van der Waals surface area contributed by atoms with Crippen molar-refractivity contribution in [3.8, 4) is 5.75 Å². The topological polar surface area (TPSA) is 50.4 Å².